The van der Waals surface area contributed by atoms with Crippen LogP contribution in [0.4, 0.5) is 11.4 Å². The highest BCUT2D eigenvalue weighted by Gasteiger charge is 2.13. The van der Waals surface area contributed by atoms with Crippen molar-refractivity contribution in [3.05, 3.63) is 81.8 Å². The van der Waals surface area contributed by atoms with Crippen LogP contribution in [0, 0.1) is 13.8 Å². The van der Waals surface area contributed by atoms with Crippen LogP contribution in [-0.2, 0) is 4.79 Å². The normalized spacial score (nSPS) is 10.8. The molecule has 0 spiro atoms. The van der Waals surface area contributed by atoms with E-state index in [-0.39, 0.29) is 12.5 Å². The molecule has 0 saturated carbocycles. The largest absolute Gasteiger partial charge is 0.493 e. The lowest BCUT2D eigenvalue weighted by atomic mass is 10.2. The molecule has 0 aliphatic rings. The van der Waals surface area contributed by atoms with Crippen molar-refractivity contribution in [2.75, 3.05) is 19.0 Å². The summed E-state index contributed by atoms with van der Waals surface area (Å²) in [5.74, 6) is 0.726. The maximum Gasteiger partial charge on any atom is 0.262 e. The van der Waals surface area contributed by atoms with E-state index in [2.05, 4.69) is 26.2 Å². The fourth-order valence-electron chi connectivity index (χ4n) is 2.86. The summed E-state index contributed by atoms with van der Waals surface area (Å²) in [6, 6.07) is 19.2. The molecule has 0 atom stereocenters. The number of hydrogen-bond donors (Lipinski definition) is 1. The summed E-state index contributed by atoms with van der Waals surface area (Å²) in [5, 5.41) is 2.82. The van der Waals surface area contributed by atoms with E-state index in [4.69, 9.17) is 9.47 Å². The highest BCUT2D eigenvalue weighted by atomic mass is 79.9. The van der Waals surface area contributed by atoms with E-state index < -0.39 is 0 Å². The van der Waals surface area contributed by atoms with Crippen LogP contribution in [-0.4, -0.2) is 25.8 Å². The molecule has 0 aliphatic carbocycles. The molecule has 0 radical (unpaired) electrons. The summed E-state index contributed by atoms with van der Waals surface area (Å²) >= 11 is 3.51. The number of methoxy groups -OCH3 is 1. The maximum absolute atomic E-state index is 12.3. The number of aliphatic imine (C=N–C) groups is 1. The third-order valence-electron chi connectivity index (χ3n) is 4.37. The number of carbonyl (C=O) groups excluding carboxylic acids is 1. The molecule has 5 nitrogen and oxygen atoms in total. The van der Waals surface area contributed by atoms with Crippen LogP contribution < -0.4 is 14.8 Å². The third kappa shape index (κ3) is 5.70. The zero-order valence-electron chi connectivity index (χ0n) is 17.1. The van der Waals surface area contributed by atoms with Gasteiger partial charge >= 0.3 is 0 Å². The molecule has 0 unspecified atom stereocenters. The van der Waals surface area contributed by atoms with Crippen molar-refractivity contribution >= 4 is 39.4 Å². The molecule has 0 fully saturated rings. The van der Waals surface area contributed by atoms with E-state index in [1.165, 1.54) is 0 Å². The number of hydrogen-bond acceptors (Lipinski definition) is 4. The lowest BCUT2D eigenvalue weighted by Gasteiger charge is -2.13. The summed E-state index contributed by atoms with van der Waals surface area (Å²) in [4.78, 5) is 16.8. The molecule has 3 aromatic carbocycles. The first-order valence-corrected chi connectivity index (χ1v) is 10.2. The maximum atomic E-state index is 12.3. The molecule has 154 valence electrons. The van der Waals surface area contributed by atoms with Gasteiger partial charge in [0.2, 0.25) is 0 Å². The average Bonchev–Trinajstić information content (AvgIpc) is 2.72. The molecule has 0 saturated heterocycles. The minimum atomic E-state index is -0.250. The summed E-state index contributed by atoms with van der Waals surface area (Å²) in [6.45, 7) is 3.85. The Morgan fingerprint density at radius 3 is 2.63 bits per heavy atom. The molecule has 3 aromatic rings. The van der Waals surface area contributed by atoms with Gasteiger partial charge in [-0.15, -0.1) is 0 Å². The van der Waals surface area contributed by atoms with Crippen molar-refractivity contribution < 1.29 is 14.3 Å². The molecule has 3 rings (SSSR count). The van der Waals surface area contributed by atoms with Crippen LogP contribution in [0.2, 0.25) is 0 Å². The molecule has 1 N–H and O–H groups in total. The van der Waals surface area contributed by atoms with E-state index in [0.29, 0.717) is 16.0 Å². The summed E-state index contributed by atoms with van der Waals surface area (Å²) in [5.41, 5.74) is 4.65. The molecule has 0 aliphatic heterocycles. The van der Waals surface area contributed by atoms with Crippen molar-refractivity contribution in [1.82, 2.24) is 0 Å². The second-order valence-electron chi connectivity index (χ2n) is 6.79. The SMILES string of the molecule is COc1cc(C=Nc2ccccc2C)cc(Br)c1OCC(=O)Nc1cccc(C)c1. The van der Waals surface area contributed by atoms with Gasteiger partial charge in [0.05, 0.1) is 17.3 Å². The first-order valence-electron chi connectivity index (χ1n) is 9.43. The fourth-order valence-corrected chi connectivity index (χ4v) is 3.44. The summed E-state index contributed by atoms with van der Waals surface area (Å²) in [6.07, 6.45) is 1.77. The van der Waals surface area contributed by atoms with Gasteiger partial charge in [-0.05, 0) is 76.8 Å². The molecule has 6 heteroatoms. The Bertz CT molecular complexity index is 1080. The molecule has 0 bridgehead atoms. The molecule has 0 aromatic heterocycles. The van der Waals surface area contributed by atoms with Gasteiger partial charge in [-0.1, -0.05) is 30.3 Å². The van der Waals surface area contributed by atoms with Crippen LogP contribution in [0.3, 0.4) is 0 Å². The Morgan fingerprint density at radius 1 is 1.10 bits per heavy atom. The van der Waals surface area contributed by atoms with E-state index in [1.54, 1.807) is 13.3 Å². The molecular weight excluding hydrogens is 444 g/mol. The number of benzene rings is 3. The lowest BCUT2D eigenvalue weighted by Crippen LogP contribution is -2.20. The number of ether oxygens (including phenoxy) is 2. The van der Waals surface area contributed by atoms with Gasteiger partial charge in [0.15, 0.2) is 18.1 Å². The van der Waals surface area contributed by atoms with Gasteiger partial charge in [0, 0.05) is 11.9 Å². The monoisotopic (exact) mass is 466 g/mol. The van der Waals surface area contributed by atoms with Gasteiger partial charge in [0.1, 0.15) is 0 Å². The Hall–Kier alpha value is -3.12. The van der Waals surface area contributed by atoms with Gasteiger partial charge in [0.25, 0.3) is 5.91 Å². The Kier molecular flexibility index (Phi) is 7.25. The molecular formula is C24H23BrN2O3. The number of anilines is 1. The average molecular weight is 467 g/mol. The minimum absolute atomic E-state index is 0.139. The van der Waals surface area contributed by atoms with E-state index in [0.717, 1.165) is 28.1 Å². The van der Waals surface area contributed by atoms with Crippen LogP contribution >= 0.6 is 15.9 Å². The third-order valence-corrected chi connectivity index (χ3v) is 4.96. The topological polar surface area (TPSA) is 59.9 Å². The second kappa shape index (κ2) is 10.1. The van der Waals surface area contributed by atoms with Crippen LogP contribution in [0.15, 0.2) is 70.1 Å². The van der Waals surface area contributed by atoms with Gasteiger partial charge in [-0.25, -0.2) is 0 Å². The Balaban J connectivity index is 1.71. The predicted octanol–water partition coefficient (Wildman–Crippen LogP) is 5.84. The quantitative estimate of drug-likeness (QED) is 0.444. The highest BCUT2D eigenvalue weighted by Crippen LogP contribution is 2.36. The molecule has 1 amide bonds. The van der Waals surface area contributed by atoms with E-state index in [9.17, 15) is 4.79 Å². The summed E-state index contributed by atoms with van der Waals surface area (Å²) in [7, 11) is 1.56. The number of amides is 1. The fraction of sp³-hybridized carbons (Fsp3) is 0.167. The number of rotatable bonds is 7. The Morgan fingerprint density at radius 2 is 1.90 bits per heavy atom. The highest BCUT2D eigenvalue weighted by molar-refractivity contribution is 9.10. The number of para-hydroxylation sites is 1. The number of halogens is 1. The van der Waals surface area contributed by atoms with Crippen molar-refractivity contribution in [3.8, 4) is 11.5 Å². The molecule has 0 heterocycles. The van der Waals surface area contributed by atoms with Crippen molar-refractivity contribution in [3.63, 3.8) is 0 Å². The van der Waals surface area contributed by atoms with Crippen molar-refractivity contribution in [1.29, 1.82) is 0 Å². The van der Waals surface area contributed by atoms with Crippen LogP contribution in [0.25, 0.3) is 0 Å². The van der Waals surface area contributed by atoms with Crippen molar-refractivity contribution in [2.24, 2.45) is 4.99 Å². The zero-order valence-corrected chi connectivity index (χ0v) is 18.7. The van der Waals surface area contributed by atoms with Crippen LogP contribution in [0.5, 0.6) is 11.5 Å². The standard InChI is InChI=1S/C24H23BrN2O3/c1-16-7-6-9-19(11-16)27-23(28)15-30-24-20(25)12-18(13-22(24)29-3)14-26-21-10-5-4-8-17(21)2/h4-14H,15H2,1-3H3,(H,27,28). The minimum Gasteiger partial charge on any atom is -0.493 e. The number of nitrogens with zero attached hydrogens (tertiary/aromatic N) is 1. The van der Waals surface area contributed by atoms with Gasteiger partial charge < -0.3 is 14.8 Å². The van der Waals surface area contributed by atoms with Crippen molar-refractivity contribution in [2.45, 2.75) is 13.8 Å². The van der Waals surface area contributed by atoms with Gasteiger partial charge in [-0.2, -0.15) is 0 Å². The Labute approximate surface area is 184 Å². The van der Waals surface area contributed by atoms with Gasteiger partial charge in [-0.3, -0.25) is 9.79 Å². The smallest absolute Gasteiger partial charge is 0.262 e. The number of carbonyl (C=O) groups is 1. The first kappa shape index (κ1) is 21.6. The lowest BCUT2D eigenvalue weighted by molar-refractivity contribution is -0.118. The number of aryl methyl sites for hydroxylation is 2. The zero-order chi connectivity index (χ0) is 21.5. The second-order valence-corrected chi connectivity index (χ2v) is 7.64. The molecule has 30 heavy (non-hydrogen) atoms. The van der Waals surface area contributed by atoms with Crippen LogP contribution in [0.1, 0.15) is 16.7 Å². The summed E-state index contributed by atoms with van der Waals surface area (Å²) < 4.78 is 11.9. The number of nitrogens with one attached hydrogen (secondary N) is 1. The first-order chi connectivity index (χ1) is 14.5. The van der Waals surface area contributed by atoms with E-state index >= 15 is 0 Å². The predicted molar refractivity (Wildman–Crippen MR) is 124 cm³/mol. The van der Waals surface area contributed by atoms with E-state index in [1.807, 2.05) is 74.5 Å².